The number of nitrogens with zero attached hydrogens (tertiary/aromatic N) is 1. The second-order valence-corrected chi connectivity index (χ2v) is 7.73. The summed E-state index contributed by atoms with van der Waals surface area (Å²) in [5.74, 6) is 0.439. The van der Waals surface area contributed by atoms with E-state index in [-0.39, 0.29) is 23.6 Å². The number of carbonyl (C=O) groups excluding carboxylic acids is 1. The summed E-state index contributed by atoms with van der Waals surface area (Å²) in [6.45, 7) is 1.86. The zero-order valence-electron chi connectivity index (χ0n) is 10.6. The quantitative estimate of drug-likeness (QED) is 0.745. The Labute approximate surface area is 103 Å². The normalized spacial score (nSPS) is 22.9. The van der Waals surface area contributed by atoms with Crippen molar-refractivity contribution in [3.8, 4) is 0 Å². The van der Waals surface area contributed by atoms with Crippen LogP contribution in [0.15, 0.2) is 0 Å². The standard InChI is InChI=1S/C12H21NO3S/c1-9(8-17(2,15)16)13(11-6-7-11)12(14)10-4-3-5-10/h9-11H,3-8H2,1-2H3/t9-/m0/s1. The molecule has 0 unspecified atom stereocenters. The van der Waals surface area contributed by atoms with Gasteiger partial charge in [0.05, 0.1) is 5.75 Å². The Balaban J connectivity index is 2.03. The molecule has 0 aromatic carbocycles. The number of sulfone groups is 1. The molecule has 5 heteroatoms. The van der Waals surface area contributed by atoms with Crippen LogP contribution in [0.4, 0.5) is 0 Å². The highest BCUT2D eigenvalue weighted by Crippen LogP contribution is 2.35. The molecule has 2 aliphatic carbocycles. The average Bonchev–Trinajstić information content (AvgIpc) is 2.80. The van der Waals surface area contributed by atoms with E-state index in [0.717, 1.165) is 32.1 Å². The van der Waals surface area contributed by atoms with Crippen LogP contribution in [0.5, 0.6) is 0 Å². The Hall–Kier alpha value is -0.580. The van der Waals surface area contributed by atoms with E-state index in [2.05, 4.69) is 0 Å². The van der Waals surface area contributed by atoms with Crippen molar-refractivity contribution in [3.63, 3.8) is 0 Å². The van der Waals surface area contributed by atoms with Crippen LogP contribution in [0.1, 0.15) is 39.0 Å². The van der Waals surface area contributed by atoms with Gasteiger partial charge in [-0.15, -0.1) is 0 Å². The molecular formula is C12H21NO3S. The second-order valence-electron chi connectivity index (χ2n) is 5.55. The molecule has 0 saturated heterocycles. The number of hydrogen-bond donors (Lipinski definition) is 0. The fourth-order valence-corrected chi connectivity index (χ4v) is 3.53. The molecule has 0 spiro atoms. The summed E-state index contributed by atoms with van der Waals surface area (Å²) in [7, 11) is -3.02. The van der Waals surface area contributed by atoms with Crippen LogP contribution in [0.2, 0.25) is 0 Å². The molecule has 0 aliphatic heterocycles. The van der Waals surface area contributed by atoms with Crippen molar-refractivity contribution in [1.82, 2.24) is 4.90 Å². The highest BCUT2D eigenvalue weighted by atomic mass is 32.2. The van der Waals surface area contributed by atoms with Crippen molar-refractivity contribution in [3.05, 3.63) is 0 Å². The monoisotopic (exact) mass is 259 g/mol. The zero-order chi connectivity index (χ0) is 12.6. The fraction of sp³-hybridized carbons (Fsp3) is 0.917. The molecule has 2 saturated carbocycles. The topological polar surface area (TPSA) is 54.5 Å². The van der Waals surface area contributed by atoms with Crippen molar-refractivity contribution in [2.75, 3.05) is 12.0 Å². The van der Waals surface area contributed by atoms with E-state index >= 15 is 0 Å². The maximum atomic E-state index is 12.3. The van der Waals surface area contributed by atoms with Gasteiger partial charge in [0, 0.05) is 24.3 Å². The minimum Gasteiger partial charge on any atom is -0.336 e. The SMILES string of the molecule is C[C@@H](CS(C)(=O)=O)N(C(=O)C1CCC1)C1CC1. The maximum absolute atomic E-state index is 12.3. The van der Waals surface area contributed by atoms with E-state index < -0.39 is 9.84 Å². The van der Waals surface area contributed by atoms with Gasteiger partial charge >= 0.3 is 0 Å². The van der Waals surface area contributed by atoms with E-state index in [1.54, 1.807) is 0 Å². The molecule has 0 radical (unpaired) electrons. The number of hydrogen-bond acceptors (Lipinski definition) is 3. The zero-order valence-corrected chi connectivity index (χ0v) is 11.4. The minimum atomic E-state index is -3.02. The van der Waals surface area contributed by atoms with Crippen LogP contribution < -0.4 is 0 Å². The molecule has 2 rings (SSSR count). The average molecular weight is 259 g/mol. The number of carbonyl (C=O) groups is 1. The largest absolute Gasteiger partial charge is 0.336 e. The molecule has 0 heterocycles. The van der Waals surface area contributed by atoms with Gasteiger partial charge in [-0.05, 0) is 32.6 Å². The van der Waals surface area contributed by atoms with Crippen molar-refractivity contribution < 1.29 is 13.2 Å². The maximum Gasteiger partial charge on any atom is 0.226 e. The lowest BCUT2D eigenvalue weighted by Crippen LogP contribution is -2.47. The third-order valence-electron chi connectivity index (χ3n) is 3.67. The summed E-state index contributed by atoms with van der Waals surface area (Å²) in [6.07, 6.45) is 6.40. The molecule has 2 fully saturated rings. The predicted molar refractivity (Wildman–Crippen MR) is 66.4 cm³/mol. The summed E-state index contributed by atoms with van der Waals surface area (Å²) >= 11 is 0. The van der Waals surface area contributed by atoms with Gasteiger partial charge in [-0.2, -0.15) is 0 Å². The van der Waals surface area contributed by atoms with E-state index in [0.29, 0.717) is 6.04 Å². The van der Waals surface area contributed by atoms with Gasteiger partial charge in [-0.3, -0.25) is 4.79 Å². The summed E-state index contributed by atoms with van der Waals surface area (Å²) < 4.78 is 22.7. The Morgan fingerprint density at radius 3 is 2.24 bits per heavy atom. The smallest absolute Gasteiger partial charge is 0.226 e. The third-order valence-corrected chi connectivity index (χ3v) is 4.76. The first-order chi connectivity index (χ1) is 7.88. The first kappa shape index (κ1) is 12.9. The highest BCUT2D eigenvalue weighted by Gasteiger charge is 2.40. The van der Waals surface area contributed by atoms with Crippen LogP contribution in [-0.4, -0.2) is 43.3 Å². The Kier molecular flexibility index (Phi) is 3.48. The number of amides is 1. The lowest BCUT2D eigenvalue weighted by molar-refractivity contribution is -0.140. The summed E-state index contributed by atoms with van der Waals surface area (Å²) in [4.78, 5) is 14.1. The van der Waals surface area contributed by atoms with E-state index in [4.69, 9.17) is 0 Å². The molecule has 17 heavy (non-hydrogen) atoms. The van der Waals surface area contributed by atoms with Gasteiger partial charge in [0.2, 0.25) is 5.91 Å². The van der Waals surface area contributed by atoms with E-state index in [1.165, 1.54) is 6.26 Å². The van der Waals surface area contributed by atoms with Gasteiger partial charge < -0.3 is 4.90 Å². The molecule has 98 valence electrons. The van der Waals surface area contributed by atoms with Crippen LogP contribution in [0.3, 0.4) is 0 Å². The summed E-state index contributed by atoms with van der Waals surface area (Å²) in [6, 6.07) is 0.130. The van der Waals surface area contributed by atoms with Crippen molar-refractivity contribution >= 4 is 15.7 Å². The summed E-state index contributed by atoms with van der Waals surface area (Å²) in [5, 5.41) is 0. The second kappa shape index (κ2) is 4.59. The van der Waals surface area contributed by atoms with Crippen molar-refractivity contribution in [1.29, 1.82) is 0 Å². The van der Waals surface area contributed by atoms with Crippen LogP contribution >= 0.6 is 0 Å². The Morgan fingerprint density at radius 2 is 1.88 bits per heavy atom. The summed E-state index contributed by atoms with van der Waals surface area (Å²) in [5.41, 5.74) is 0. The molecule has 0 aromatic heterocycles. The lowest BCUT2D eigenvalue weighted by Gasteiger charge is -2.35. The molecule has 0 N–H and O–H groups in total. The molecule has 4 nitrogen and oxygen atoms in total. The minimum absolute atomic E-state index is 0.0853. The molecule has 1 amide bonds. The first-order valence-corrected chi connectivity index (χ1v) is 8.44. The first-order valence-electron chi connectivity index (χ1n) is 6.38. The van der Waals surface area contributed by atoms with Gasteiger partial charge in [-0.25, -0.2) is 8.42 Å². The van der Waals surface area contributed by atoms with Crippen LogP contribution in [0, 0.1) is 5.92 Å². The van der Waals surface area contributed by atoms with Gasteiger partial charge in [-0.1, -0.05) is 6.42 Å². The molecule has 2 aliphatic rings. The Morgan fingerprint density at radius 1 is 1.29 bits per heavy atom. The highest BCUT2D eigenvalue weighted by molar-refractivity contribution is 7.90. The molecule has 0 aromatic rings. The van der Waals surface area contributed by atoms with E-state index in [1.807, 2.05) is 11.8 Å². The van der Waals surface area contributed by atoms with Crippen molar-refractivity contribution in [2.45, 2.75) is 51.1 Å². The molecular weight excluding hydrogens is 238 g/mol. The van der Waals surface area contributed by atoms with Crippen LogP contribution in [0.25, 0.3) is 0 Å². The molecule has 1 atom stereocenters. The van der Waals surface area contributed by atoms with Gasteiger partial charge in [0.25, 0.3) is 0 Å². The number of rotatable bonds is 5. The lowest BCUT2D eigenvalue weighted by atomic mass is 9.84. The van der Waals surface area contributed by atoms with E-state index in [9.17, 15) is 13.2 Å². The third kappa shape index (κ3) is 3.21. The fourth-order valence-electron chi connectivity index (χ4n) is 2.49. The van der Waals surface area contributed by atoms with Gasteiger partial charge in [0.1, 0.15) is 9.84 Å². The predicted octanol–water partition coefficient (Wildman–Crippen LogP) is 1.21. The molecule has 0 bridgehead atoms. The van der Waals surface area contributed by atoms with Gasteiger partial charge in [0.15, 0.2) is 0 Å². The van der Waals surface area contributed by atoms with Crippen molar-refractivity contribution in [2.24, 2.45) is 5.92 Å². The Bertz CT molecular complexity index is 396. The van der Waals surface area contributed by atoms with Crippen LogP contribution in [-0.2, 0) is 14.6 Å².